The number of hydrogen-bond acceptors (Lipinski definition) is 5. The minimum Gasteiger partial charge on any atom is -0.494 e. The van der Waals surface area contributed by atoms with Crippen molar-refractivity contribution in [1.82, 2.24) is 24.1 Å². The van der Waals surface area contributed by atoms with Crippen molar-refractivity contribution in [3.05, 3.63) is 64.2 Å². The summed E-state index contributed by atoms with van der Waals surface area (Å²) in [6, 6.07) is 13.8. The normalized spacial score (nSPS) is 12.1. The molecule has 5 rings (SSSR count). The zero-order valence-corrected chi connectivity index (χ0v) is 19.6. The predicted molar refractivity (Wildman–Crippen MR) is 130 cm³/mol. The number of nitrogens with one attached hydrogen (secondary N) is 1. The quantitative estimate of drug-likeness (QED) is 0.417. The zero-order chi connectivity index (χ0) is 23.5. The smallest absolute Gasteiger partial charge is 0.285 e. The van der Waals surface area contributed by atoms with E-state index in [1.165, 1.54) is 4.52 Å². The van der Waals surface area contributed by atoms with Crippen LogP contribution in [0.25, 0.3) is 39.3 Å². The molecule has 0 bridgehead atoms. The van der Waals surface area contributed by atoms with Crippen LogP contribution in [0.4, 0.5) is 5.69 Å². The third-order valence-electron chi connectivity index (χ3n) is 5.86. The van der Waals surface area contributed by atoms with Crippen LogP contribution < -0.4 is 14.8 Å². The summed E-state index contributed by atoms with van der Waals surface area (Å²) in [5.41, 5.74) is 6.05. The molecule has 0 aliphatic carbocycles. The van der Waals surface area contributed by atoms with E-state index in [1.54, 1.807) is 14.0 Å². The Morgan fingerprint density at radius 3 is 2.42 bits per heavy atom. The maximum Gasteiger partial charge on any atom is 0.285 e. The van der Waals surface area contributed by atoms with Crippen LogP contribution in [-0.4, -0.2) is 47.8 Å². The molecule has 168 valence electrons. The number of hydrogen-bond donors (Lipinski definition) is 1. The summed E-state index contributed by atoms with van der Waals surface area (Å²) in [5.74, 6) is 0.819. The Hall–Kier alpha value is -3.91. The SMILES string of the molecule is COc1cc([N+](C)(C)C)cc2oc(-c3c(C)nc4c(-c5ccccc5)c(C)[nH]n4c3=O)nc12. The Balaban J connectivity index is 1.75. The highest BCUT2D eigenvalue weighted by Gasteiger charge is 2.24. The Kier molecular flexibility index (Phi) is 4.65. The first-order valence-corrected chi connectivity index (χ1v) is 10.7. The number of oxazole rings is 1. The summed E-state index contributed by atoms with van der Waals surface area (Å²) in [5, 5.41) is 3.16. The molecule has 5 aromatic rings. The van der Waals surface area contributed by atoms with E-state index in [1.807, 2.05) is 49.4 Å². The molecule has 8 heteroatoms. The number of H-pyrrole nitrogens is 1. The van der Waals surface area contributed by atoms with Crippen LogP contribution in [0, 0.1) is 13.8 Å². The van der Waals surface area contributed by atoms with E-state index < -0.39 is 0 Å². The van der Waals surface area contributed by atoms with Gasteiger partial charge in [0.05, 0.1) is 33.9 Å². The molecule has 0 aliphatic rings. The van der Waals surface area contributed by atoms with Crippen LogP contribution in [-0.2, 0) is 0 Å². The van der Waals surface area contributed by atoms with Gasteiger partial charge >= 0.3 is 0 Å². The molecule has 3 heterocycles. The van der Waals surface area contributed by atoms with Gasteiger partial charge in [-0.1, -0.05) is 30.3 Å². The van der Waals surface area contributed by atoms with E-state index in [0.29, 0.717) is 38.2 Å². The van der Waals surface area contributed by atoms with Gasteiger partial charge in [-0.3, -0.25) is 14.4 Å². The number of ether oxygens (including phenoxy) is 1. The molecule has 33 heavy (non-hydrogen) atoms. The highest BCUT2D eigenvalue weighted by Crippen LogP contribution is 2.35. The number of nitrogens with zero attached hydrogens (tertiary/aromatic N) is 4. The fourth-order valence-corrected chi connectivity index (χ4v) is 4.12. The third kappa shape index (κ3) is 3.30. The number of benzene rings is 2. The molecule has 8 nitrogen and oxygen atoms in total. The van der Waals surface area contributed by atoms with Gasteiger partial charge in [-0.15, -0.1) is 0 Å². The minimum absolute atomic E-state index is 0.222. The third-order valence-corrected chi connectivity index (χ3v) is 5.86. The van der Waals surface area contributed by atoms with Gasteiger partial charge in [0.1, 0.15) is 11.3 Å². The summed E-state index contributed by atoms with van der Waals surface area (Å²) >= 11 is 0. The van der Waals surface area contributed by atoms with E-state index >= 15 is 0 Å². The van der Waals surface area contributed by atoms with E-state index in [0.717, 1.165) is 22.5 Å². The van der Waals surface area contributed by atoms with E-state index in [4.69, 9.17) is 14.1 Å². The van der Waals surface area contributed by atoms with Crippen molar-refractivity contribution in [1.29, 1.82) is 0 Å². The Morgan fingerprint density at radius 2 is 1.76 bits per heavy atom. The summed E-state index contributed by atoms with van der Waals surface area (Å²) in [4.78, 5) is 23.0. The highest BCUT2D eigenvalue weighted by atomic mass is 16.5. The van der Waals surface area contributed by atoms with Crippen LogP contribution in [0.3, 0.4) is 0 Å². The number of aromatic amines is 1. The Labute approximate surface area is 190 Å². The van der Waals surface area contributed by atoms with Gasteiger partial charge in [-0.25, -0.2) is 14.5 Å². The number of aromatic nitrogens is 4. The Bertz CT molecular complexity index is 1570. The van der Waals surface area contributed by atoms with Gasteiger partial charge in [0.25, 0.3) is 5.56 Å². The van der Waals surface area contributed by atoms with Crippen molar-refractivity contribution >= 4 is 22.4 Å². The first-order chi connectivity index (χ1) is 15.7. The van der Waals surface area contributed by atoms with Crippen LogP contribution in [0.15, 0.2) is 51.7 Å². The van der Waals surface area contributed by atoms with Gasteiger partial charge in [0.15, 0.2) is 22.5 Å². The van der Waals surface area contributed by atoms with Crippen LogP contribution in [0.1, 0.15) is 11.4 Å². The number of fused-ring (bicyclic) bond motifs is 2. The lowest BCUT2D eigenvalue weighted by molar-refractivity contribution is 0.415. The van der Waals surface area contributed by atoms with Crippen LogP contribution in [0.2, 0.25) is 0 Å². The zero-order valence-electron chi connectivity index (χ0n) is 19.6. The fourth-order valence-electron chi connectivity index (χ4n) is 4.12. The van der Waals surface area contributed by atoms with Crippen LogP contribution in [0.5, 0.6) is 5.75 Å². The number of rotatable bonds is 4. The van der Waals surface area contributed by atoms with Gasteiger partial charge in [0, 0.05) is 23.4 Å². The van der Waals surface area contributed by atoms with E-state index in [2.05, 4.69) is 31.2 Å². The monoisotopic (exact) mass is 444 g/mol. The Morgan fingerprint density at radius 1 is 1.03 bits per heavy atom. The maximum absolute atomic E-state index is 13.6. The molecule has 0 spiro atoms. The van der Waals surface area contributed by atoms with Gasteiger partial charge in [-0.2, -0.15) is 0 Å². The lowest BCUT2D eigenvalue weighted by Gasteiger charge is -2.23. The summed E-state index contributed by atoms with van der Waals surface area (Å²) < 4.78 is 13.7. The largest absolute Gasteiger partial charge is 0.494 e. The molecule has 0 unspecified atom stereocenters. The molecule has 0 aliphatic heterocycles. The molecular formula is C25H26N5O3+. The first-order valence-electron chi connectivity index (χ1n) is 10.7. The van der Waals surface area contributed by atoms with E-state index in [-0.39, 0.29) is 11.4 Å². The topological polar surface area (TPSA) is 85.4 Å². The first kappa shape index (κ1) is 21.0. The number of methoxy groups -OCH3 is 1. The molecule has 1 N–H and O–H groups in total. The van der Waals surface area contributed by atoms with Crippen molar-refractivity contribution < 1.29 is 9.15 Å². The molecule has 3 aromatic heterocycles. The van der Waals surface area contributed by atoms with Gasteiger partial charge < -0.3 is 9.15 Å². The second-order valence-electron chi connectivity index (χ2n) is 9.04. The van der Waals surface area contributed by atoms with Crippen molar-refractivity contribution in [2.45, 2.75) is 13.8 Å². The highest BCUT2D eigenvalue weighted by molar-refractivity contribution is 5.86. The summed E-state index contributed by atoms with van der Waals surface area (Å²) in [6.07, 6.45) is 0. The number of quaternary nitrogens is 1. The average Bonchev–Trinajstić information content (AvgIpc) is 3.33. The molecule has 0 atom stereocenters. The molecule has 0 fully saturated rings. The molecule has 0 amide bonds. The fraction of sp³-hybridized carbons (Fsp3) is 0.240. The van der Waals surface area contributed by atoms with Gasteiger partial charge in [0.2, 0.25) is 5.89 Å². The van der Waals surface area contributed by atoms with Crippen molar-refractivity contribution in [2.75, 3.05) is 28.3 Å². The second kappa shape index (κ2) is 7.31. The lowest BCUT2D eigenvalue weighted by Crippen LogP contribution is -2.34. The summed E-state index contributed by atoms with van der Waals surface area (Å²) in [7, 11) is 7.78. The van der Waals surface area contributed by atoms with Crippen molar-refractivity contribution in [3.8, 4) is 28.3 Å². The van der Waals surface area contributed by atoms with Crippen molar-refractivity contribution in [3.63, 3.8) is 0 Å². The standard InChI is InChI=1S/C25H25N5O3/c1-14-21(24-27-22-18(32-6)12-17(30(3,4)5)13-19(22)33-24)25(31)29-23(26-14)20(15(2)28-29)16-10-8-7-9-11-16/h7-13H,1-6H3/p+1. The van der Waals surface area contributed by atoms with Crippen molar-refractivity contribution in [2.24, 2.45) is 0 Å². The average molecular weight is 445 g/mol. The van der Waals surface area contributed by atoms with E-state index in [9.17, 15) is 4.79 Å². The predicted octanol–water partition coefficient (Wildman–Crippen LogP) is 4.32. The van der Waals surface area contributed by atoms with Gasteiger partial charge in [-0.05, 0) is 19.4 Å². The molecule has 0 radical (unpaired) electrons. The molecule has 2 aromatic carbocycles. The maximum atomic E-state index is 13.6. The molecule has 0 saturated carbocycles. The molecule has 0 saturated heterocycles. The second-order valence-corrected chi connectivity index (χ2v) is 9.04. The molecular weight excluding hydrogens is 418 g/mol. The number of aryl methyl sites for hydroxylation is 2. The minimum atomic E-state index is -0.264. The van der Waals surface area contributed by atoms with Crippen LogP contribution >= 0.6 is 0 Å². The lowest BCUT2D eigenvalue weighted by atomic mass is 10.1. The summed E-state index contributed by atoms with van der Waals surface area (Å²) in [6.45, 7) is 3.74.